The van der Waals surface area contributed by atoms with Crippen molar-refractivity contribution in [3.05, 3.63) is 40.5 Å². The minimum absolute atomic E-state index is 0.361. The molecule has 5 rings (SSSR count). The molecule has 2 aromatic rings. The molecule has 3 heterocycles. The van der Waals surface area contributed by atoms with E-state index in [1.165, 1.54) is 11.3 Å². The molecule has 4 heteroatoms. The summed E-state index contributed by atoms with van der Waals surface area (Å²) in [6.07, 6.45) is 5.00. The summed E-state index contributed by atoms with van der Waals surface area (Å²) < 4.78 is 0. The maximum absolute atomic E-state index is 12.4. The van der Waals surface area contributed by atoms with Gasteiger partial charge in [-0.25, -0.2) is 0 Å². The fraction of sp³-hybridized carbons (Fsp3) is 0.474. The van der Waals surface area contributed by atoms with Gasteiger partial charge in [-0.2, -0.15) is 0 Å². The molecule has 0 spiro atoms. The van der Waals surface area contributed by atoms with Gasteiger partial charge in [0.05, 0.1) is 5.52 Å². The lowest BCUT2D eigenvalue weighted by Gasteiger charge is -2.38. The molecular formula is C19H19ClN2O. The van der Waals surface area contributed by atoms with Crippen LogP contribution in [0.25, 0.3) is 10.9 Å². The number of nitrogens with zero attached hydrogens (tertiary/aromatic N) is 2. The van der Waals surface area contributed by atoms with Crippen molar-refractivity contribution in [3.8, 4) is 0 Å². The highest BCUT2D eigenvalue weighted by molar-refractivity contribution is 6.31. The third-order valence-corrected chi connectivity index (χ3v) is 6.20. The highest BCUT2D eigenvalue weighted by Crippen LogP contribution is 2.47. The molecule has 0 unspecified atom stereocenters. The fourth-order valence-electron chi connectivity index (χ4n) is 5.02. The van der Waals surface area contributed by atoms with Crippen LogP contribution in [0.5, 0.6) is 0 Å². The average Bonchev–Trinajstić information content (AvgIpc) is 2.92. The maximum Gasteiger partial charge on any atom is 0.222 e. The van der Waals surface area contributed by atoms with Gasteiger partial charge in [0.2, 0.25) is 5.91 Å². The van der Waals surface area contributed by atoms with Crippen LogP contribution >= 0.6 is 11.6 Å². The number of hydrogen-bond donors (Lipinski definition) is 0. The summed E-state index contributed by atoms with van der Waals surface area (Å²) >= 11 is 6.15. The van der Waals surface area contributed by atoms with Crippen LogP contribution in [0.4, 0.5) is 0 Å². The molecule has 1 amide bonds. The lowest BCUT2D eigenvalue weighted by molar-refractivity contribution is -0.132. The maximum atomic E-state index is 12.4. The minimum Gasteiger partial charge on any atom is -0.339 e. The van der Waals surface area contributed by atoms with Gasteiger partial charge < -0.3 is 4.90 Å². The number of hydrogen-bond acceptors (Lipinski definition) is 2. The highest BCUT2D eigenvalue weighted by Gasteiger charge is 2.47. The number of benzene rings is 1. The van der Waals surface area contributed by atoms with E-state index in [0.717, 1.165) is 54.6 Å². The van der Waals surface area contributed by atoms with E-state index in [0.29, 0.717) is 23.8 Å². The number of fused-ring (bicyclic) bond motifs is 3. The Labute approximate surface area is 140 Å². The molecule has 1 aliphatic carbocycles. The van der Waals surface area contributed by atoms with Crippen molar-refractivity contribution >= 4 is 28.4 Å². The van der Waals surface area contributed by atoms with Crippen LogP contribution in [0.15, 0.2) is 24.3 Å². The highest BCUT2D eigenvalue weighted by atomic mass is 35.5. The third-order valence-electron chi connectivity index (χ3n) is 5.97. The van der Waals surface area contributed by atoms with Crippen molar-refractivity contribution < 1.29 is 4.79 Å². The van der Waals surface area contributed by atoms with Crippen LogP contribution in [-0.4, -0.2) is 28.4 Å². The fourth-order valence-corrected chi connectivity index (χ4v) is 5.20. The topological polar surface area (TPSA) is 33.2 Å². The van der Waals surface area contributed by atoms with Crippen LogP contribution in [0.2, 0.25) is 5.02 Å². The van der Waals surface area contributed by atoms with Crippen LogP contribution in [0, 0.1) is 5.92 Å². The zero-order valence-corrected chi connectivity index (χ0v) is 13.7. The van der Waals surface area contributed by atoms with E-state index in [4.69, 9.17) is 16.6 Å². The molecule has 3 atom stereocenters. The Morgan fingerprint density at radius 2 is 2.13 bits per heavy atom. The monoisotopic (exact) mass is 326 g/mol. The molecule has 3 nitrogen and oxygen atoms in total. The molecular weight excluding hydrogens is 308 g/mol. The van der Waals surface area contributed by atoms with Gasteiger partial charge in [-0.1, -0.05) is 11.6 Å². The Bertz CT molecular complexity index is 818. The number of carbonyl (C=O) groups excluding carboxylic acids is 1. The average molecular weight is 327 g/mol. The number of halogens is 1. The van der Waals surface area contributed by atoms with Crippen LogP contribution < -0.4 is 0 Å². The molecule has 1 aromatic heterocycles. The summed E-state index contributed by atoms with van der Waals surface area (Å²) in [4.78, 5) is 19.5. The molecule has 2 aliphatic heterocycles. The summed E-state index contributed by atoms with van der Waals surface area (Å²) in [7, 11) is 0. The summed E-state index contributed by atoms with van der Waals surface area (Å²) in [6.45, 7) is 0.914. The summed E-state index contributed by atoms with van der Waals surface area (Å²) in [6, 6.07) is 8.61. The quantitative estimate of drug-likeness (QED) is 0.735. The molecule has 2 saturated heterocycles. The van der Waals surface area contributed by atoms with Crippen LogP contribution in [0.3, 0.4) is 0 Å². The largest absolute Gasteiger partial charge is 0.339 e. The summed E-state index contributed by atoms with van der Waals surface area (Å²) in [5.74, 6) is 1.40. The van der Waals surface area contributed by atoms with Crippen LogP contribution in [-0.2, 0) is 11.2 Å². The molecule has 0 radical (unpaired) electrons. The first-order valence-corrected chi connectivity index (χ1v) is 8.97. The van der Waals surface area contributed by atoms with E-state index in [1.807, 2.05) is 18.2 Å². The predicted molar refractivity (Wildman–Crippen MR) is 90.7 cm³/mol. The molecule has 1 aromatic carbocycles. The SMILES string of the molecule is O=C1CCC[C@@H]2Cc3nc4ccc(Cl)cc4cc3[C@@H]3CCN1[C@H]23. The zero-order chi connectivity index (χ0) is 15.6. The third kappa shape index (κ3) is 2.02. The molecule has 0 N–H and O–H groups in total. The molecule has 23 heavy (non-hydrogen) atoms. The van der Waals surface area contributed by atoms with E-state index < -0.39 is 0 Å². The van der Waals surface area contributed by atoms with Gasteiger partial charge in [-0.15, -0.1) is 0 Å². The van der Waals surface area contributed by atoms with Crippen molar-refractivity contribution in [1.82, 2.24) is 9.88 Å². The standard InChI is InChI=1S/C19H19ClN2O/c20-13-4-5-16-12(8-13)9-15-14-6-7-22-18(23)3-1-2-11(19(14)22)10-17(15)21-16/h4-5,8-9,11,14,19H,1-3,6-7,10H2/t11-,14+,19-/m1/s1. The number of amides is 1. The summed E-state index contributed by atoms with van der Waals surface area (Å²) in [5.41, 5.74) is 3.65. The van der Waals surface area contributed by atoms with Gasteiger partial charge in [0.15, 0.2) is 0 Å². The van der Waals surface area contributed by atoms with Crippen molar-refractivity contribution in [2.75, 3.05) is 6.54 Å². The smallest absolute Gasteiger partial charge is 0.222 e. The summed E-state index contributed by atoms with van der Waals surface area (Å²) in [5, 5.41) is 1.87. The van der Waals surface area contributed by atoms with Gasteiger partial charge in [0.25, 0.3) is 0 Å². The molecule has 0 saturated carbocycles. The van der Waals surface area contributed by atoms with Gasteiger partial charge in [-0.05, 0) is 61.4 Å². The van der Waals surface area contributed by atoms with E-state index in [9.17, 15) is 4.79 Å². The predicted octanol–water partition coefficient (Wildman–Crippen LogP) is 3.93. The number of pyridine rings is 1. The van der Waals surface area contributed by atoms with Crippen molar-refractivity contribution in [2.45, 2.75) is 44.1 Å². The second kappa shape index (κ2) is 4.94. The van der Waals surface area contributed by atoms with Crippen LogP contribution in [0.1, 0.15) is 42.9 Å². The number of carbonyl (C=O) groups is 1. The lowest BCUT2D eigenvalue weighted by Crippen LogP contribution is -2.43. The van der Waals surface area contributed by atoms with E-state index in [2.05, 4.69) is 11.0 Å². The first-order valence-electron chi connectivity index (χ1n) is 8.59. The Kier molecular flexibility index (Phi) is 2.96. The molecule has 3 aliphatic rings. The normalized spacial score (nSPS) is 29.3. The van der Waals surface area contributed by atoms with Gasteiger partial charge >= 0.3 is 0 Å². The van der Waals surface area contributed by atoms with E-state index in [-0.39, 0.29) is 0 Å². The van der Waals surface area contributed by atoms with Crippen molar-refractivity contribution in [2.24, 2.45) is 5.92 Å². The van der Waals surface area contributed by atoms with Crippen molar-refractivity contribution in [3.63, 3.8) is 0 Å². The Hall–Kier alpha value is -1.61. The van der Waals surface area contributed by atoms with E-state index in [1.54, 1.807) is 0 Å². The Morgan fingerprint density at radius 1 is 1.22 bits per heavy atom. The minimum atomic E-state index is 0.361. The second-order valence-corrected chi connectivity index (χ2v) is 7.63. The first-order chi connectivity index (χ1) is 11.2. The molecule has 118 valence electrons. The molecule has 0 bridgehead atoms. The first kappa shape index (κ1) is 13.8. The van der Waals surface area contributed by atoms with Crippen molar-refractivity contribution in [1.29, 1.82) is 0 Å². The number of rotatable bonds is 0. The van der Waals surface area contributed by atoms with Gasteiger partial charge in [-0.3, -0.25) is 9.78 Å². The Morgan fingerprint density at radius 3 is 3.04 bits per heavy atom. The zero-order valence-electron chi connectivity index (χ0n) is 13.0. The Balaban J connectivity index is 1.67. The van der Waals surface area contributed by atoms with Gasteiger partial charge in [0, 0.05) is 41.0 Å². The lowest BCUT2D eigenvalue weighted by atomic mass is 9.74. The van der Waals surface area contributed by atoms with Gasteiger partial charge in [0.1, 0.15) is 0 Å². The van der Waals surface area contributed by atoms with E-state index >= 15 is 0 Å². The second-order valence-electron chi connectivity index (χ2n) is 7.19. The molecule has 2 fully saturated rings. The number of aromatic nitrogens is 1.